The fourth-order valence-corrected chi connectivity index (χ4v) is 0.519. The second kappa shape index (κ2) is 2.40. The molecule has 0 amide bonds. The standard InChI is InChI=1S/C7H8N2/c1-6(2)7-5-8-3-4-9-7/h3-5H,1H2,2H3. The Bertz CT molecular complexity index is 203. The lowest BCUT2D eigenvalue weighted by Crippen LogP contribution is -1.83. The van der Waals surface area contributed by atoms with Gasteiger partial charge in [-0.05, 0) is 12.5 Å². The molecule has 0 aromatic carbocycles. The minimum absolute atomic E-state index is 0.859. The highest BCUT2D eigenvalue weighted by atomic mass is 14.8. The topological polar surface area (TPSA) is 25.8 Å². The zero-order valence-corrected chi connectivity index (χ0v) is 5.33. The van der Waals surface area contributed by atoms with Crippen LogP contribution in [0.5, 0.6) is 0 Å². The zero-order chi connectivity index (χ0) is 6.69. The lowest BCUT2D eigenvalue weighted by molar-refractivity contribution is 1.16. The van der Waals surface area contributed by atoms with Gasteiger partial charge in [0.05, 0.1) is 11.9 Å². The second-order valence-electron chi connectivity index (χ2n) is 1.87. The quantitative estimate of drug-likeness (QED) is 0.561. The van der Waals surface area contributed by atoms with Crippen LogP contribution in [0.4, 0.5) is 0 Å². The summed E-state index contributed by atoms with van der Waals surface area (Å²) in [4.78, 5) is 7.90. The van der Waals surface area contributed by atoms with Gasteiger partial charge in [0, 0.05) is 12.4 Å². The van der Waals surface area contributed by atoms with E-state index in [1.54, 1.807) is 18.6 Å². The van der Waals surface area contributed by atoms with Gasteiger partial charge < -0.3 is 0 Å². The Morgan fingerprint density at radius 2 is 2.33 bits per heavy atom. The molecule has 0 bridgehead atoms. The van der Waals surface area contributed by atoms with E-state index in [1.165, 1.54) is 0 Å². The highest BCUT2D eigenvalue weighted by molar-refractivity contribution is 5.56. The van der Waals surface area contributed by atoms with Crippen molar-refractivity contribution >= 4 is 5.57 Å². The first-order valence-corrected chi connectivity index (χ1v) is 2.72. The van der Waals surface area contributed by atoms with Gasteiger partial charge in [-0.3, -0.25) is 9.97 Å². The number of hydrogen-bond donors (Lipinski definition) is 0. The van der Waals surface area contributed by atoms with Crippen molar-refractivity contribution in [2.75, 3.05) is 0 Å². The third kappa shape index (κ3) is 1.35. The third-order valence-electron chi connectivity index (χ3n) is 1.00. The molecule has 0 saturated heterocycles. The van der Waals surface area contributed by atoms with Crippen LogP contribution >= 0.6 is 0 Å². The lowest BCUT2D eigenvalue weighted by Gasteiger charge is -1.92. The molecule has 46 valence electrons. The van der Waals surface area contributed by atoms with Crippen molar-refractivity contribution < 1.29 is 0 Å². The molecule has 0 saturated carbocycles. The monoisotopic (exact) mass is 120 g/mol. The van der Waals surface area contributed by atoms with E-state index in [4.69, 9.17) is 0 Å². The molecule has 0 aliphatic carbocycles. The van der Waals surface area contributed by atoms with Crippen LogP contribution in [0.2, 0.25) is 0 Å². The highest BCUT2D eigenvalue weighted by Crippen LogP contribution is 2.02. The Labute approximate surface area is 54.3 Å². The summed E-state index contributed by atoms with van der Waals surface area (Å²) in [6, 6.07) is 0. The van der Waals surface area contributed by atoms with Crippen LogP contribution in [0.15, 0.2) is 25.2 Å². The Morgan fingerprint density at radius 1 is 1.56 bits per heavy atom. The molecule has 9 heavy (non-hydrogen) atoms. The summed E-state index contributed by atoms with van der Waals surface area (Å²) in [5, 5.41) is 0. The third-order valence-corrected chi connectivity index (χ3v) is 1.00. The summed E-state index contributed by atoms with van der Waals surface area (Å²) in [5.41, 5.74) is 1.81. The number of allylic oxidation sites excluding steroid dienone is 1. The summed E-state index contributed by atoms with van der Waals surface area (Å²) < 4.78 is 0. The molecule has 1 heterocycles. The molecular formula is C7H8N2. The molecule has 0 atom stereocenters. The van der Waals surface area contributed by atoms with Crippen LogP contribution < -0.4 is 0 Å². The molecule has 2 nitrogen and oxygen atoms in total. The normalized spacial score (nSPS) is 9.00. The average Bonchev–Trinajstić information content (AvgIpc) is 1.90. The fraction of sp³-hybridized carbons (Fsp3) is 0.143. The van der Waals surface area contributed by atoms with E-state index >= 15 is 0 Å². The lowest BCUT2D eigenvalue weighted by atomic mass is 10.3. The van der Waals surface area contributed by atoms with Crippen LogP contribution in [0.3, 0.4) is 0 Å². The van der Waals surface area contributed by atoms with Gasteiger partial charge in [0.25, 0.3) is 0 Å². The maximum atomic E-state index is 4.02. The Kier molecular flexibility index (Phi) is 1.58. The van der Waals surface area contributed by atoms with Gasteiger partial charge in [0.1, 0.15) is 0 Å². The number of aromatic nitrogens is 2. The number of nitrogens with zero attached hydrogens (tertiary/aromatic N) is 2. The zero-order valence-electron chi connectivity index (χ0n) is 5.33. The predicted octanol–water partition coefficient (Wildman–Crippen LogP) is 1.51. The van der Waals surface area contributed by atoms with Crippen molar-refractivity contribution in [3.05, 3.63) is 30.9 Å². The fourth-order valence-electron chi connectivity index (χ4n) is 0.519. The van der Waals surface area contributed by atoms with Crippen molar-refractivity contribution in [3.63, 3.8) is 0 Å². The van der Waals surface area contributed by atoms with Crippen molar-refractivity contribution in [2.45, 2.75) is 6.92 Å². The van der Waals surface area contributed by atoms with E-state index in [2.05, 4.69) is 16.5 Å². The van der Waals surface area contributed by atoms with Gasteiger partial charge in [0.2, 0.25) is 0 Å². The molecule has 0 aliphatic rings. The molecular weight excluding hydrogens is 112 g/mol. The van der Waals surface area contributed by atoms with Gasteiger partial charge in [-0.25, -0.2) is 0 Å². The van der Waals surface area contributed by atoms with Crippen molar-refractivity contribution in [1.82, 2.24) is 9.97 Å². The van der Waals surface area contributed by atoms with E-state index < -0.39 is 0 Å². The maximum absolute atomic E-state index is 4.02. The summed E-state index contributed by atoms with van der Waals surface area (Å²) >= 11 is 0. The first kappa shape index (κ1) is 5.95. The minimum Gasteiger partial charge on any atom is -0.261 e. The molecule has 0 N–H and O–H groups in total. The summed E-state index contributed by atoms with van der Waals surface area (Å²) in [6.07, 6.45) is 5.00. The molecule has 2 heteroatoms. The molecule has 0 radical (unpaired) electrons. The first-order valence-electron chi connectivity index (χ1n) is 2.72. The predicted molar refractivity (Wildman–Crippen MR) is 36.7 cm³/mol. The molecule has 1 rings (SSSR count). The number of rotatable bonds is 1. The van der Waals surface area contributed by atoms with Crippen LogP contribution in [-0.4, -0.2) is 9.97 Å². The molecule has 0 unspecified atom stereocenters. The average molecular weight is 120 g/mol. The van der Waals surface area contributed by atoms with Crippen LogP contribution in [-0.2, 0) is 0 Å². The minimum atomic E-state index is 0.859. The van der Waals surface area contributed by atoms with Gasteiger partial charge in [-0.1, -0.05) is 6.58 Å². The highest BCUT2D eigenvalue weighted by Gasteiger charge is 1.89. The summed E-state index contributed by atoms with van der Waals surface area (Å²) in [7, 11) is 0. The van der Waals surface area contributed by atoms with Crippen LogP contribution in [0.1, 0.15) is 12.6 Å². The van der Waals surface area contributed by atoms with Gasteiger partial charge in [-0.2, -0.15) is 0 Å². The summed E-state index contributed by atoms with van der Waals surface area (Å²) in [5.74, 6) is 0. The summed E-state index contributed by atoms with van der Waals surface area (Å²) in [6.45, 7) is 5.63. The van der Waals surface area contributed by atoms with Gasteiger partial charge >= 0.3 is 0 Å². The van der Waals surface area contributed by atoms with Crippen molar-refractivity contribution in [1.29, 1.82) is 0 Å². The second-order valence-corrected chi connectivity index (χ2v) is 1.87. The van der Waals surface area contributed by atoms with Crippen LogP contribution in [0, 0.1) is 0 Å². The smallest absolute Gasteiger partial charge is 0.0836 e. The van der Waals surface area contributed by atoms with Gasteiger partial charge in [0.15, 0.2) is 0 Å². The largest absolute Gasteiger partial charge is 0.261 e. The van der Waals surface area contributed by atoms with E-state index in [0.29, 0.717) is 0 Å². The molecule has 1 aromatic rings. The number of hydrogen-bond acceptors (Lipinski definition) is 2. The Balaban J connectivity index is 2.98. The van der Waals surface area contributed by atoms with E-state index in [1.807, 2.05) is 6.92 Å². The van der Waals surface area contributed by atoms with Crippen molar-refractivity contribution in [3.8, 4) is 0 Å². The molecule has 0 spiro atoms. The van der Waals surface area contributed by atoms with Crippen LogP contribution in [0.25, 0.3) is 5.57 Å². The van der Waals surface area contributed by atoms with Crippen molar-refractivity contribution in [2.24, 2.45) is 0 Å². The van der Waals surface area contributed by atoms with E-state index in [9.17, 15) is 0 Å². The molecule has 0 aliphatic heterocycles. The van der Waals surface area contributed by atoms with E-state index in [-0.39, 0.29) is 0 Å². The van der Waals surface area contributed by atoms with E-state index in [0.717, 1.165) is 11.3 Å². The SMILES string of the molecule is C=C(C)c1cnccn1. The first-order chi connectivity index (χ1) is 4.30. The van der Waals surface area contributed by atoms with Gasteiger partial charge in [-0.15, -0.1) is 0 Å². The Hall–Kier alpha value is -1.18. The maximum Gasteiger partial charge on any atom is 0.0836 e. The molecule has 0 fully saturated rings. The molecule has 1 aromatic heterocycles. The Morgan fingerprint density at radius 3 is 2.67 bits per heavy atom.